The lowest BCUT2D eigenvalue weighted by atomic mass is 9.83. The second kappa shape index (κ2) is 11.2. The molecular weight excluding hydrogens is 564 g/mol. The summed E-state index contributed by atoms with van der Waals surface area (Å²) in [6.45, 7) is 0. The van der Waals surface area contributed by atoms with Crippen molar-refractivity contribution in [3.05, 3.63) is 157 Å². The third kappa shape index (κ3) is 4.32. The molecule has 0 fully saturated rings. The maximum atomic E-state index is 15.5. The number of hydrogen-bond donors (Lipinski definition) is 0. The molecule has 0 amide bonds. The average molecular weight is 595 g/mol. The lowest BCUT2D eigenvalue weighted by molar-refractivity contribution is 0.104. The topological polar surface area (TPSA) is 35.5 Å². The van der Waals surface area contributed by atoms with Crippen molar-refractivity contribution in [1.29, 1.82) is 0 Å². The summed E-state index contributed by atoms with van der Waals surface area (Å²) in [6, 6.07) is 49.3. The van der Waals surface area contributed by atoms with Gasteiger partial charge in [-0.3, -0.25) is 4.79 Å². The fraction of sp³-hybridized carbons (Fsp3) is 0.0465. The van der Waals surface area contributed by atoms with Gasteiger partial charge in [-0.15, -0.1) is 0 Å². The van der Waals surface area contributed by atoms with Gasteiger partial charge in [0.25, 0.3) is 0 Å². The summed E-state index contributed by atoms with van der Waals surface area (Å²) in [4.78, 5) is 15.5. The number of carbonyl (C=O) groups is 1. The van der Waals surface area contributed by atoms with Gasteiger partial charge in [0.05, 0.1) is 14.2 Å². The van der Waals surface area contributed by atoms with Gasteiger partial charge in [-0.1, -0.05) is 133 Å². The third-order valence-electron chi connectivity index (χ3n) is 9.10. The first-order valence-electron chi connectivity index (χ1n) is 15.4. The molecule has 0 aliphatic rings. The molecule has 0 spiro atoms. The number of fused-ring (bicyclic) bond motifs is 4. The fourth-order valence-electron chi connectivity index (χ4n) is 6.97. The van der Waals surface area contributed by atoms with Crippen LogP contribution in [0.4, 0.5) is 0 Å². The van der Waals surface area contributed by atoms with Gasteiger partial charge in [0, 0.05) is 21.9 Å². The van der Waals surface area contributed by atoms with Crippen LogP contribution in [0.3, 0.4) is 0 Å². The van der Waals surface area contributed by atoms with Crippen LogP contribution < -0.4 is 9.47 Å². The molecule has 0 aliphatic heterocycles. The van der Waals surface area contributed by atoms with Crippen LogP contribution in [0.2, 0.25) is 0 Å². The van der Waals surface area contributed by atoms with Crippen LogP contribution in [0.15, 0.2) is 146 Å². The Bertz CT molecular complexity index is 2300. The van der Waals surface area contributed by atoms with E-state index in [1.165, 1.54) is 0 Å². The zero-order valence-electron chi connectivity index (χ0n) is 25.6. The molecule has 8 aromatic rings. The number of benzene rings is 8. The molecule has 0 aliphatic carbocycles. The normalized spacial score (nSPS) is 11.3. The van der Waals surface area contributed by atoms with E-state index in [0.29, 0.717) is 11.1 Å². The summed E-state index contributed by atoms with van der Waals surface area (Å²) in [5.41, 5.74) is 5.12. The summed E-state index contributed by atoms with van der Waals surface area (Å²) in [6.07, 6.45) is 0. The quantitative estimate of drug-likeness (QED) is 0.180. The van der Waals surface area contributed by atoms with Crippen molar-refractivity contribution in [3.63, 3.8) is 0 Å². The fourth-order valence-corrected chi connectivity index (χ4v) is 6.97. The Balaban J connectivity index is 1.47. The van der Waals surface area contributed by atoms with Crippen molar-refractivity contribution in [2.45, 2.75) is 0 Å². The molecule has 3 nitrogen and oxygen atoms in total. The second-order valence-electron chi connectivity index (χ2n) is 11.5. The molecule has 0 aromatic heterocycles. The minimum absolute atomic E-state index is 0.0154. The Morgan fingerprint density at radius 3 is 1.13 bits per heavy atom. The van der Waals surface area contributed by atoms with Crippen LogP contribution in [-0.4, -0.2) is 20.0 Å². The van der Waals surface area contributed by atoms with E-state index < -0.39 is 0 Å². The lowest BCUT2D eigenvalue weighted by Crippen LogP contribution is -2.08. The van der Waals surface area contributed by atoms with Gasteiger partial charge in [0.2, 0.25) is 0 Å². The number of rotatable bonds is 6. The molecule has 0 saturated carbocycles. The molecular formula is C43H30O3. The minimum atomic E-state index is -0.0154. The Kier molecular flexibility index (Phi) is 6.73. The highest BCUT2D eigenvalue weighted by Gasteiger charge is 2.25. The van der Waals surface area contributed by atoms with Crippen LogP contribution in [-0.2, 0) is 0 Å². The van der Waals surface area contributed by atoms with Gasteiger partial charge in [-0.05, 0) is 66.7 Å². The van der Waals surface area contributed by atoms with Crippen molar-refractivity contribution in [3.8, 4) is 33.8 Å². The molecule has 46 heavy (non-hydrogen) atoms. The van der Waals surface area contributed by atoms with Crippen LogP contribution in [0, 0.1) is 0 Å². The SMILES string of the molecule is COc1ccc(-c2ccc3ccccc3c2C(=O)c2c(-c3ccc(OC)c4ccccc34)ccc3ccccc23)c2ccccc12. The molecule has 3 heteroatoms. The summed E-state index contributed by atoms with van der Waals surface area (Å²) in [5.74, 6) is 1.59. The van der Waals surface area contributed by atoms with E-state index in [-0.39, 0.29) is 5.78 Å². The monoisotopic (exact) mass is 594 g/mol. The van der Waals surface area contributed by atoms with Gasteiger partial charge in [0.1, 0.15) is 11.5 Å². The van der Waals surface area contributed by atoms with Crippen molar-refractivity contribution in [2.75, 3.05) is 14.2 Å². The molecule has 0 radical (unpaired) electrons. The van der Waals surface area contributed by atoms with E-state index >= 15 is 4.79 Å². The molecule has 8 rings (SSSR count). The summed E-state index contributed by atoms with van der Waals surface area (Å²) >= 11 is 0. The maximum Gasteiger partial charge on any atom is 0.195 e. The number of methoxy groups -OCH3 is 2. The van der Waals surface area contributed by atoms with Crippen LogP contribution in [0.1, 0.15) is 15.9 Å². The number of carbonyl (C=O) groups excluding carboxylic acids is 1. The molecule has 0 atom stereocenters. The summed E-state index contributed by atoms with van der Waals surface area (Å²) < 4.78 is 11.4. The predicted molar refractivity (Wildman–Crippen MR) is 190 cm³/mol. The van der Waals surface area contributed by atoms with Gasteiger partial charge in [0.15, 0.2) is 5.78 Å². The summed E-state index contributed by atoms with van der Waals surface area (Å²) in [5, 5.41) is 7.95. The molecule has 0 N–H and O–H groups in total. The smallest absolute Gasteiger partial charge is 0.195 e. The van der Waals surface area contributed by atoms with Gasteiger partial charge in [-0.2, -0.15) is 0 Å². The van der Waals surface area contributed by atoms with Crippen molar-refractivity contribution in [1.82, 2.24) is 0 Å². The summed E-state index contributed by atoms with van der Waals surface area (Å²) in [7, 11) is 3.38. The highest BCUT2D eigenvalue weighted by atomic mass is 16.5. The molecule has 0 bridgehead atoms. The zero-order valence-corrected chi connectivity index (χ0v) is 25.6. The largest absolute Gasteiger partial charge is 0.496 e. The molecule has 220 valence electrons. The van der Waals surface area contributed by atoms with Crippen LogP contribution in [0.25, 0.3) is 65.3 Å². The Labute approximate surface area is 267 Å². The average Bonchev–Trinajstić information content (AvgIpc) is 3.12. The first-order chi connectivity index (χ1) is 22.7. The van der Waals surface area contributed by atoms with E-state index in [9.17, 15) is 0 Å². The van der Waals surface area contributed by atoms with E-state index in [1.54, 1.807) is 14.2 Å². The first-order valence-corrected chi connectivity index (χ1v) is 15.4. The number of hydrogen-bond acceptors (Lipinski definition) is 3. The molecule has 8 aromatic carbocycles. The predicted octanol–water partition coefficient (Wildman–Crippen LogP) is 10.9. The van der Waals surface area contributed by atoms with Crippen LogP contribution >= 0.6 is 0 Å². The maximum absolute atomic E-state index is 15.5. The van der Waals surface area contributed by atoms with Crippen LogP contribution in [0.5, 0.6) is 11.5 Å². The van der Waals surface area contributed by atoms with E-state index in [1.807, 2.05) is 60.7 Å². The Morgan fingerprint density at radius 2 is 0.717 bits per heavy atom. The Morgan fingerprint density at radius 1 is 0.370 bits per heavy atom. The highest BCUT2D eigenvalue weighted by Crippen LogP contribution is 2.43. The van der Waals surface area contributed by atoms with Crippen molar-refractivity contribution < 1.29 is 14.3 Å². The second-order valence-corrected chi connectivity index (χ2v) is 11.5. The van der Waals surface area contributed by atoms with E-state index in [2.05, 4.69) is 84.9 Å². The lowest BCUT2D eigenvalue weighted by Gasteiger charge is -2.19. The molecule has 0 saturated heterocycles. The molecule has 0 heterocycles. The highest BCUT2D eigenvalue weighted by molar-refractivity contribution is 6.28. The Hall–Kier alpha value is -5.93. The van der Waals surface area contributed by atoms with Gasteiger partial charge < -0.3 is 9.47 Å². The zero-order chi connectivity index (χ0) is 31.2. The first kappa shape index (κ1) is 27.6. The minimum Gasteiger partial charge on any atom is -0.496 e. The van der Waals surface area contributed by atoms with Gasteiger partial charge >= 0.3 is 0 Å². The van der Waals surface area contributed by atoms with Crippen molar-refractivity contribution in [2.24, 2.45) is 0 Å². The third-order valence-corrected chi connectivity index (χ3v) is 9.10. The van der Waals surface area contributed by atoms with Crippen molar-refractivity contribution >= 4 is 48.9 Å². The number of ether oxygens (including phenoxy) is 2. The number of ketones is 1. The molecule has 0 unspecified atom stereocenters. The van der Waals surface area contributed by atoms with E-state index in [0.717, 1.165) is 76.8 Å². The van der Waals surface area contributed by atoms with Gasteiger partial charge in [-0.25, -0.2) is 0 Å². The van der Waals surface area contributed by atoms with E-state index in [4.69, 9.17) is 9.47 Å². The standard InChI is InChI=1S/C43H30O3/c1-45-39-25-23-33(31-15-7-9-17-35(31)39)37-21-19-27-11-3-5-13-29(27)41(37)43(44)42-30-14-6-4-12-28(30)20-22-38(42)34-24-26-40(46-2)36-18-10-8-16-32(34)36/h3-26H,1-2H3.